The number of halogens is 2. The summed E-state index contributed by atoms with van der Waals surface area (Å²) in [6.45, 7) is 3.90. The summed E-state index contributed by atoms with van der Waals surface area (Å²) in [6.07, 6.45) is 3.41. The first-order valence-electron chi connectivity index (χ1n) is 10.3. The second-order valence-electron chi connectivity index (χ2n) is 7.51. The van der Waals surface area contributed by atoms with Crippen LogP contribution in [-0.4, -0.2) is 46.7 Å². The van der Waals surface area contributed by atoms with Crippen molar-refractivity contribution in [2.24, 2.45) is 0 Å². The van der Waals surface area contributed by atoms with Crippen molar-refractivity contribution in [1.29, 1.82) is 0 Å². The van der Waals surface area contributed by atoms with Crippen LogP contribution in [0.5, 0.6) is 0 Å². The molecule has 0 unspecified atom stereocenters. The van der Waals surface area contributed by atoms with Gasteiger partial charge in [-0.25, -0.2) is 9.50 Å². The number of fused-ring (bicyclic) bond motifs is 1. The van der Waals surface area contributed by atoms with Crippen LogP contribution in [-0.2, 0) is 0 Å². The molecule has 1 amide bonds. The minimum atomic E-state index is -0.288. The Morgan fingerprint density at radius 2 is 1.78 bits per heavy atom. The number of aromatic nitrogens is 3. The number of hydrogen-bond donors (Lipinski definition) is 2. The van der Waals surface area contributed by atoms with Crippen LogP contribution in [0.1, 0.15) is 10.5 Å². The van der Waals surface area contributed by atoms with Crippen LogP contribution in [0, 0.1) is 0 Å². The fourth-order valence-corrected chi connectivity index (χ4v) is 4.03. The largest absolute Gasteiger partial charge is 0.369 e. The van der Waals surface area contributed by atoms with Crippen molar-refractivity contribution in [2.45, 2.75) is 0 Å². The number of nitrogens with zero attached hydrogens (tertiary/aromatic N) is 4. The first-order valence-corrected chi connectivity index (χ1v) is 11.0. The topological polar surface area (TPSA) is 74.6 Å². The van der Waals surface area contributed by atoms with E-state index in [0.717, 1.165) is 43.0 Å². The third kappa shape index (κ3) is 4.14. The summed E-state index contributed by atoms with van der Waals surface area (Å²) < 4.78 is 1.62. The van der Waals surface area contributed by atoms with Crippen LogP contribution in [0.3, 0.4) is 0 Å². The van der Waals surface area contributed by atoms with Gasteiger partial charge in [0.1, 0.15) is 5.69 Å². The molecule has 9 heteroatoms. The average Bonchev–Trinajstić information content (AvgIpc) is 3.25. The van der Waals surface area contributed by atoms with Gasteiger partial charge in [-0.3, -0.25) is 4.79 Å². The monoisotopic (exact) mass is 466 g/mol. The Labute approximate surface area is 195 Å². The fraction of sp³-hybridized carbons (Fsp3) is 0.174. The maximum atomic E-state index is 12.9. The van der Waals surface area contributed by atoms with Crippen LogP contribution in [0.4, 0.5) is 11.4 Å². The number of rotatable bonds is 4. The Morgan fingerprint density at radius 3 is 2.53 bits per heavy atom. The van der Waals surface area contributed by atoms with Crippen LogP contribution in [0.2, 0.25) is 10.0 Å². The van der Waals surface area contributed by atoms with E-state index in [1.54, 1.807) is 35.1 Å². The van der Waals surface area contributed by atoms with Gasteiger partial charge >= 0.3 is 0 Å². The summed E-state index contributed by atoms with van der Waals surface area (Å²) in [7, 11) is 0. The van der Waals surface area contributed by atoms with E-state index >= 15 is 0 Å². The Morgan fingerprint density at radius 1 is 1.00 bits per heavy atom. The summed E-state index contributed by atoms with van der Waals surface area (Å²) in [5, 5.41) is 11.5. The number of hydrogen-bond acceptors (Lipinski definition) is 5. The minimum absolute atomic E-state index is 0.288. The van der Waals surface area contributed by atoms with E-state index in [9.17, 15) is 4.79 Å². The molecule has 0 spiro atoms. The predicted molar refractivity (Wildman–Crippen MR) is 128 cm³/mol. The van der Waals surface area contributed by atoms with Crippen LogP contribution < -0.4 is 15.5 Å². The van der Waals surface area contributed by atoms with Crippen molar-refractivity contribution in [3.8, 4) is 11.1 Å². The number of carbonyl (C=O) groups is 1. The van der Waals surface area contributed by atoms with Crippen LogP contribution in [0.15, 0.2) is 60.9 Å². The number of anilines is 2. The normalized spacial score (nSPS) is 14.0. The SMILES string of the molecule is O=C(Nc1ccc(N2CCNCC2)cc1)c1ccn2ncc(-c3ccc(Cl)c(Cl)c3)c2n1. The quantitative estimate of drug-likeness (QED) is 0.467. The van der Waals surface area contributed by atoms with E-state index in [0.29, 0.717) is 27.1 Å². The lowest BCUT2D eigenvalue weighted by Gasteiger charge is -2.29. The summed E-state index contributed by atoms with van der Waals surface area (Å²) in [6, 6.07) is 14.8. The van der Waals surface area contributed by atoms with E-state index in [1.807, 2.05) is 30.3 Å². The standard InChI is InChI=1S/C23H20Cl2N6O/c24-19-6-1-15(13-20(19)25)18-14-27-31-10-7-21(29-22(18)31)23(32)28-16-2-4-17(5-3-16)30-11-8-26-9-12-30/h1-7,10,13-14,26H,8-9,11-12H2,(H,28,32). The van der Waals surface area contributed by atoms with E-state index in [-0.39, 0.29) is 5.91 Å². The zero-order chi connectivity index (χ0) is 22.1. The lowest BCUT2D eigenvalue weighted by molar-refractivity contribution is 0.102. The number of carbonyl (C=O) groups excluding carboxylic acids is 1. The maximum Gasteiger partial charge on any atom is 0.274 e. The molecule has 1 fully saturated rings. The molecule has 1 aliphatic heterocycles. The molecule has 32 heavy (non-hydrogen) atoms. The third-order valence-electron chi connectivity index (χ3n) is 5.44. The molecule has 0 bridgehead atoms. The van der Waals surface area contributed by atoms with Crippen LogP contribution in [0.25, 0.3) is 16.8 Å². The lowest BCUT2D eigenvalue weighted by Crippen LogP contribution is -2.43. The summed E-state index contributed by atoms with van der Waals surface area (Å²) >= 11 is 12.2. The lowest BCUT2D eigenvalue weighted by atomic mass is 10.1. The molecule has 2 aromatic heterocycles. The number of benzene rings is 2. The highest BCUT2D eigenvalue weighted by molar-refractivity contribution is 6.42. The van der Waals surface area contributed by atoms with Crippen molar-refractivity contribution >= 4 is 46.1 Å². The van der Waals surface area contributed by atoms with Gasteiger partial charge < -0.3 is 15.5 Å². The maximum absolute atomic E-state index is 12.9. The van der Waals surface area contributed by atoms with E-state index in [2.05, 4.69) is 25.6 Å². The van der Waals surface area contributed by atoms with Crippen molar-refractivity contribution in [2.75, 3.05) is 36.4 Å². The first kappa shape index (κ1) is 20.8. The highest BCUT2D eigenvalue weighted by Crippen LogP contribution is 2.30. The number of amides is 1. The fourth-order valence-electron chi connectivity index (χ4n) is 3.74. The predicted octanol–water partition coefficient (Wildman–Crippen LogP) is 4.37. The van der Waals surface area contributed by atoms with E-state index < -0.39 is 0 Å². The van der Waals surface area contributed by atoms with Gasteiger partial charge in [-0.15, -0.1) is 0 Å². The third-order valence-corrected chi connectivity index (χ3v) is 6.18. The molecule has 0 atom stereocenters. The highest BCUT2D eigenvalue weighted by Gasteiger charge is 2.15. The Bertz CT molecular complexity index is 1280. The molecule has 0 saturated carbocycles. The zero-order valence-corrected chi connectivity index (χ0v) is 18.6. The second kappa shape index (κ2) is 8.78. The van der Waals surface area contributed by atoms with Crippen molar-refractivity contribution in [1.82, 2.24) is 19.9 Å². The summed E-state index contributed by atoms with van der Waals surface area (Å²) in [5.41, 5.74) is 4.31. The summed E-state index contributed by atoms with van der Waals surface area (Å²) in [4.78, 5) is 19.7. The molecule has 0 radical (unpaired) electrons. The molecule has 2 aromatic carbocycles. The number of piperazine rings is 1. The van der Waals surface area contributed by atoms with Gasteiger partial charge in [0.15, 0.2) is 5.65 Å². The van der Waals surface area contributed by atoms with Gasteiger partial charge in [0.25, 0.3) is 5.91 Å². The molecule has 1 saturated heterocycles. The zero-order valence-electron chi connectivity index (χ0n) is 17.1. The molecule has 4 aromatic rings. The van der Waals surface area contributed by atoms with Gasteiger partial charge in [-0.1, -0.05) is 29.3 Å². The molecule has 0 aliphatic carbocycles. The summed E-state index contributed by atoms with van der Waals surface area (Å²) in [5.74, 6) is -0.288. The first-order chi connectivity index (χ1) is 15.6. The molecule has 162 valence electrons. The molecule has 7 nitrogen and oxygen atoms in total. The van der Waals surface area contributed by atoms with Crippen molar-refractivity contribution in [3.63, 3.8) is 0 Å². The molecular formula is C23H20Cl2N6O. The number of nitrogens with one attached hydrogen (secondary N) is 2. The smallest absolute Gasteiger partial charge is 0.274 e. The second-order valence-corrected chi connectivity index (χ2v) is 8.32. The van der Waals surface area contributed by atoms with Crippen molar-refractivity contribution < 1.29 is 4.79 Å². The molecule has 1 aliphatic rings. The van der Waals surface area contributed by atoms with Gasteiger partial charge in [-0.2, -0.15) is 5.10 Å². The Hall–Kier alpha value is -3.13. The average molecular weight is 467 g/mol. The molecular weight excluding hydrogens is 447 g/mol. The molecule has 5 rings (SSSR count). The van der Waals surface area contributed by atoms with E-state index in [4.69, 9.17) is 23.2 Å². The Kier molecular flexibility index (Phi) is 5.70. The Balaban J connectivity index is 1.37. The minimum Gasteiger partial charge on any atom is -0.369 e. The van der Waals surface area contributed by atoms with Crippen LogP contribution >= 0.6 is 23.2 Å². The van der Waals surface area contributed by atoms with Gasteiger partial charge in [0.05, 0.1) is 16.2 Å². The van der Waals surface area contributed by atoms with Crippen molar-refractivity contribution in [3.05, 3.63) is 76.7 Å². The highest BCUT2D eigenvalue weighted by atomic mass is 35.5. The van der Waals surface area contributed by atoms with Gasteiger partial charge in [0, 0.05) is 49.3 Å². The van der Waals surface area contributed by atoms with Gasteiger partial charge in [0.2, 0.25) is 0 Å². The van der Waals surface area contributed by atoms with E-state index in [1.165, 1.54) is 0 Å². The molecule has 2 N–H and O–H groups in total. The van der Waals surface area contributed by atoms with Gasteiger partial charge in [-0.05, 0) is 48.0 Å². The molecule has 3 heterocycles.